The minimum absolute atomic E-state index is 0.143. The SMILES string of the molecule is Cc1cccc(C)c1NC(=O)C1(N(C)C)CCN(C2CCNCC2)CC1. The average molecular weight is 359 g/mol. The van der Waals surface area contributed by atoms with Crippen molar-refractivity contribution in [2.45, 2.75) is 51.1 Å². The molecule has 0 saturated carbocycles. The third kappa shape index (κ3) is 3.80. The first kappa shape index (κ1) is 19.3. The Kier molecular flexibility index (Phi) is 6.00. The maximum Gasteiger partial charge on any atom is 0.244 e. The molecule has 1 aromatic carbocycles. The summed E-state index contributed by atoms with van der Waals surface area (Å²) in [6.07, 6.45) is 4.23. The maximum absolute atomic E-state index is 13.3. The van der Waals surface area contributed by atoms with E-state index in [1.807, 2.05) is 20.2 Å². The van der Waals surface area contributed by atoms with Crippen molar-refractivity contribution in [3.05, 3.63) is 29.3 Å². The molecule has 2 aliphatic rings. The zero-order valence-electron chi connectivity index (χ0n) is 16.8. The standard InChI is InChI=1S/C21H34N4O/c1-16-6-5-7-17(2)19(16)23-20(26)21(24(3)4)10-14-25(15-11-21)18-8-12-22-13-9-18/h5-7,18,22H,8-15H2,1-4H3,(H,23,26). The number of likely N-dealkylation sites (tertiary alicyclic amines) is 1. The lowest BCUT2D eigenvalue weighted by Crippen LogP contribution is -2.61. The minimum Gasteiger partial charge on any atom is -0.324 e. The van der Waals surface area contributed by atoms with Gasteiger partial charge < -0.3 is 15.5 Å². The van der Waals surface area contributed by atoms with Gasteiger partial charge in [0.2, 0.25) is 5.91 Å². The fraction of sp³-hybridized carbons (Fsp3) is 0.667. The van der Waals surface area contributed by atoms with E-state index >= 15 is 0 Å². The van der Waals surface area contributed by atoms with E-state index in [1.54, 1.807) is 0 Å². The molecule has 1 amide bonds. The Morgan fingerprint density at radius 3 is 2.27 bits per heavy atom. The second kappa shape index (κ2) is 8.07. The Morgan fingerprint density at radius 2 is 1.73 bits per heavy atom. The smallest absolute Gasteiger partial charge is 0.244 e. The normalized spacial score (nSPS) is 21.7. The van der Waals surface area contributed by atoms with Gasteiger partial charge in [-0.3, -0.25) is 9.69 Å². The van der Waals surface area contributed by atoms with E-state index in [0.717, 1.165) is 55.8 Å². The minimum atomic E-state index is -0.419. The molecule has 0 aliphatic carbocycles. The highest BCUT2D eigenvalue weighted by Gasteiger charge is 2.44. The summed E-state index contributed by atoms with van der Waals surface area (Å²) in [7, 11) is 4.09. The lowest BCUT2D eigenvalue weighted by Gasteiger charge is -2.47. The highest BCUT2D eigenvalue weighted by molar-refractivity contribution is 5.99. The molecule has 2 saturated heterocycles. The molecule has 5 nitrogen and oxygen atoms in total. The topological polar surface area (TPSA) is 47.6 Å². The monoisotopic (exact) mass is 358 g/mol. The Balaban J connectivity index is 1.71. The van der Waals surface area contributed by atoms with Crippen molar-refractivity contribution in [2.75, 3.05) is 45.6 Å². The second-order valence-corrected chi connectivity index (χ2v) is 8.16. The summed E-state index contributed by atoms with van der Waals surface area (Å²) in [5.41, 5.74) is 2.80. The van der Waals surface area contributed by atoms with Gasteiger partial charge in [-0.2, -0.15) is 0 Å². The molecule has 0 bridgehead atoms. The molecule has 3 rings (SSSR count). The second-order valence-electron chi connectivity index (χ2n) is 8.16. The molecule has 2 fully saturated rings. The molecule has 0 spiro atoms. The quantitative estimate of drug-likeness (QED) is 0.868. The van der Waals surface area contributed by atoms with Crippen LogP contribution >= 0.6 is 0 Å². The molecule has 0 unspecified atom stereocenters. The van der Waals surface area contributed by atoms with Gasteiger partial charge in [0.25, 0.3) is 0 Å². The number of benzene rings is 1. The van der Waals surface area contributed by atoms with Crippen LogP contribution in [0.5, 0.6) is 0 Å². The molecule has 2 N–H and O–H groups in total. The van der Waals surface area contributed by atoms with Gasteiger partial charge in [0.15, 0.2) is 0 Å². The molecule has 5 heteroatoms. The van der Waals surface area contributed by atoms with Crippen molar-refractivity contribution >= 4 is 11.6 Å². The number of aryl methyl sites for hydroxylation is 2. The number of amides is 1. The zero-order valence-corrected chi connectivity index (χ0v) is 16.8. The Bertz CT molecular complexity index is 609. The number of piperidine rings is 2. The Hall–Kier alpha value is -1.43. The van der Waals surface area contributed by atoms with Crippen LogP contribution in [0.25, 0.3) is 0 Å². The van der Waals surface area contributed by atoms with Crippen molar-refractivity contribution in [1.82, 2.24) is 15.1 Å². The molecule has 0 aromatic heterocycles. The van der Waals surface area contributed by atoms with Crippen LogP contribution in [0, 0.1) is 13.8 Å². The van der Waals surface area contributed by atoms with Crippen LogP contribution in [0.15, 0.2) is 18.2 Å². The van der Waals surface area contributed by atoms with Crippen molar-refractivity contribution < 1.29 is 4.79 Å². The van der Waals surface area contributed by atoms with Crippen LogP contribution in [0.3, 0.4) is 0 Å². The molecule has 144 valence electrons. The van der Waals surface area contributed by atoms with E-state index in [4.69, 9.17) is 0 Å². The summed E-state index contributed by atoms with van der Waals surface area (Å²) in [6.45, 7) is 8.36. The summed E-state index contributed by atoms with van der Waals surface area (Å²) < 4.78 is 0. The van der Waals surface area contributed by atoms with Gasteiger partial charge in [0.05, 0.1) is 0 Å². The number of nitrogens with zero attached hydrogens (tertiary/aromatic N) is 2. The first-order chi connectivity index (χ1) is 12.4. The molecule has 1 aromatic rings. The van der Waals surface area contributed by atoms with E-state index < -0.39 is 5.54 Å². The number of hydrogen-bond acceptors (Lipinski definition) is 4. The largest absolute Gasteiger partial charge is 0.324 e. The molecular weight excluding hydrogens is 324 g/mol. The van der Waals surface area contributed by atoms with E-state index in [-0.39, 0.29) is 5.91 Å². The van der Waals surface area contributed by atoms with Crippen LogP contribution in [0.1, 0.15) is 36.8 Å². The lowest BCUT2D eigenvalue weighted by molar-refractivity contribution is -0.130. The van der Waals surface area contributed by atoms with Crippen LogP contribution < -0.4 is 10.6 Å². The number of carbonyl (C=O) groups is 1. The van der Waals surface area contributed by atoms with E-state index in [1.165, 1.54) is 12.8 Å². The molecule has 0 radical (unpaired) electrons. The lowest BCUT2D eigenvalue weighted by atomic mass is 9.83. The van der Waals surface area contributed by atoms with Gasteiger partial charge in [-0.15, -0.1) is 0 Å². The summed E-state index contributed by atoms with van der Waals surface area (Å²) in [6, 6.07) is 6.84. The maximum atomic E-state index is 13.3. The first-order valence-corrected chi connectivity index (χ1v) is 9.94. The summed E-state index contributed by atoms with van der Waals surface area (Å²) in [5, 5.41) is 6.70. The predicted octanol–water partition coefficient (Wildman–Crippen LogP) is 2.39. The molecular formula is C21H34N4O. The van der Waals surface area contributed by atoms with Gasteiger partial charge >= 0.3 is 0 Å². The van der Waals surface area contributed by atoms with Crippen molar-refractivity contribution in [1.29, 1.82) is 0 Å². The van der Waals surface area contributed by atoms with Crippen LogP contribution in [0.2, 0.25) is 0 Å². The average Bonchev–Trinajstić information content (AvgIpc) is 2.65. The summed E-state index contributed by atoms with van der Waals surface area (Å²) in [4.78, 5) is 18.1. The number of rotatable bonds is 4. The van der Waals surface area contributed by atoms with Gasteiger partial charge in [-0.25, -0.2) is 0 Å². The third-order valence-corrected chi connectivity index (χ3v) is 6.45. The number of carbonyl (C=O) groups excluding carboxylic acids is 1. The highest BCUT2D eigenvalue weighted by atomic mass is 16.2. The van der Waals surface area contributed by atoms with E-state index in [9.17, 15) is 4.79 Å². The highest BCUT2D eigenvalue weighted by Crippen LogP contribution is 2.32. The number of anilines is 1. The number of likely N-dealkylation sites (N-methyl/N-ethyl adjacent to an activating group) is 1. The van der Waals surface area contributed by atoms with Crippen LogP contribution in [-0.4, -0.2) is 67.6 Å². The van der Waals surface area contributed by atoms with Crippen molar-refractivity contribution in [3.63, 3.8) is 0 Å². The van der Waals surface area contributed by atoms with Crippen LogP contribution in [0.4, 0.5) is 5.69 Å². The zero-order chi connectivity index (χ0) is 18.7. The van der Waals surface area contributed by atoms with Gasteiger partial charge in [-0.1, -0.05) is 18.2 Å². The Morgan fingerprint density at radius 1 is 1.15 bits per heavy atom. The molecule has 2 heterocycles. The first-order valence-electron chi connectivity index (χ1n) is 9.94. The number of para-hydroxylation sites is 1. The third-order valence-electron chi connectivity index (χ3n) is 6.45. The fourth-order valence-corrected chi connectivity index (χ4v) is 4.55. The molecule has 0 atom stereocenters. The van der Waals surface area contributed by atoms with Crippen molar-refractivity contribution in [3.8, 4) is 0 Å². The van der Waals surface area contributed by atoms with Crippen LogP contribution in [-0.2, 0) is 4.79 Å². The fourth-order valence-electron chi connectivity index (χ4n) is 4.55. The number of hydrogen-bond donors (Lipinski definition) is 2. The van der Waals surface area contributed by atoms with Gasteiger partial charge in [0.1, 0.15) is 5.54 Å². The molecule has 2 aliphatic heterocycles. The van der Waals surface area contributed by atoms with Crippen molar-refractivity contribution in [2.24, 2.45) is 0 Å². The predicted molar refractivity (Wildman–Crippen MR) is 108 cm³/mol. The number of nitrogens with one attached hydrogen (secondary N) is 2. The Labute approximate surface area is 158 Å². The molecule has 26 heavy (non-hydrogen) atoms. The van der Waals surface area contributed by atoms with Gasteiger partial charge in [-0.05, 0) is 77.8 Å². The summed E-state index contributed by atoms with van der Waals surface area (Å²) >= 11 is 0. The van der Waals surface area contributed by atoms with Gasteiger partial charge in [0, 0.05) is 24.8 Å². The van der Waals surface area contributed by atoms with E-state index in [0.29, 0.717) is 6.04 Å². The summed E-state index contributed by atoms with van der Waals surface area (Å²) in [5.74, 6) is 0.143. The van der Waals surface area contributed by atoms with E-state index in [2.05, 4.69) is 46.4 Å².